The number of aliphatic carboxylic acids is 1. The van der Waals surface area contributed by atoms with E-state index in [2.05, 4.69) is 11.0 Å². The normalized spacial score (nSPS) is 19.8. The summed E-state index contributed by atoms with van der Waals surface area (Å²) in [5.41, 5.74) is 0. The smallest absolute Gasteiger partial charge is 0.307 e. The first-order chi connectivity index (χ1) is 8.65. The van der Waals surface area contributed by atoms with Crippen LogP contribution in [0.1, 0.15) is 51.9 Å². The summed E-state index contributed by atoms with van der Waals surface area (Å²) in [4.78, 5) is 13.0. The molecule has 1 N–H and O–H groups in total. The predicted octanol–water partition coefficient (Wildman–Crippen LogP) is 2.65. The van der Waals surface area contributed by atoms with E-state index in [9.17, 15) is 4.79 Å². The highest BCUT2D eigenvalue weighted by Gasteiger charge is 2.23. The third kappa shape index (κ3) is 5.05. The lowest BCUT2D eigenvalue weighted by molar-refractivity contribution is -0.141. The molecule has 1 aliphatic carbocycles. The maximum atomic E-state index is 10.9. The van der Waals surface area contributed by atoms with Gasteiger partial charge in [0.2, 0.25) is 0 Å². The van der Waals surface area contributed by atoms with Gasteiger partial charge in [-0.1, -0.05) is 39.0 Å². The summed E-state index contributed by atoms with van der Waals surface area (Å²) < 4.78 is 0. The van der Waals surface area contributed by atoms with Crippen molar-refractivity contribution in [2.75, 3.05) is 13.1 Å². The van der Waals surface area contributed by atoms with Gasteiger partial charge < -0.3 is 5.11 Å². The number of carbonyl (C=O) groups is 1. The van der Waals surface area contributed by atoms with E-state index in [0.29, 0.717) is 19.1 Å². The van der Waals surface area contributed by atoms with Crippen molar-refractivity contribution in [1.82, 2.24) is 4.90 Å². The van der Waals surface area contributed by atoms with E-state index in [1.54, 1.807) is 6.92 Å². The molecular weight excluding hydrogens is 228 g/mol. The second kappa shape index (κ2) is 8.10. The second-order valence-corrected chi connectivity index (χ2v) is 5.33. The number of hydrogen-bond acceptors (Lipinski definition) is 3. The Morgan fingerprint density at radius 2 is 1.89 bits per heavy atom. The number of carboxylic acid groups (broad SMARTS) is 1. The average Bonchev–Trinajstić information content (AvgIpc) is 2.27. The molecule has 0 heterocycles. The minimum absolute atomic E-state index is 0.349. The van der Waals surface area contributed by atoms with Crippen molar-refractivity contribution in [2.45, 2.75) is 57.9 Å². The third-order valence-corrected chi connectivity index (χ3v) is 3.79. The number of nitriles is 1. The standard InChI is InChI=1S/C14H24N2O2/c1-12(14(17)18)11-16(10-9-15)13-7-5-3-2-4-6-8-13/h12-13H,2-8,10-11H2,1H3,(H,17,18). The highest BCUT2D eigenvalue weighted by molar-refractivity contribution is 5.69. The van der Waals surface area contributed by atoms with Gasteiger partial charge in [-0.05, 0) is 12.8 Å². The Hall–Kier alpha value is -1.08. The molecule has 4 nitrogen and oxygen atoms in total. The molecule has 0 amide bonds. The fourth-order valence-corrected chi connectivity index (χ4v) is 2.66. The minimum atomic E-state index is -0.774. The Kier molecular flexibility index (Phi) is 6.74. The van der Waals surface area contributed by atoms with Gasteiger partial charge in [0.15, 0.2) is 0 Å². The van der Waals surface area contributed by atoms with Crippen LogP contribution in [-0.4, -0.2) is 35.1 Å². The van der Waals surface area contributed by atoms with Crippen molar-refractivity contribution in [3.63, 3.8) is 0 Å². The van der Waals surface area contributed by atoms with Gasteiger partial charge in [0.05, 0.1) is 18.5 Å². The zero-order valence-electron chi connectivity index (χ0n) is 11.3. The van der Waals surface area contributed by atoms with Crippen molar-refractivity contribution in [1.29, 1.82) is 5.26 Å². The summed E-state index contributed by atoms with van der Waals surface area (Å²) >= 11 is 0. The first-order valence-electron chi connectivity index (χ1n) is 6.99. The van der Waals surface area contributed by atoms with Crippen molar-refractivity contribution < 1.29 is 9.90 Å². The minimum Gasteiger partial charge on any atom is -0.481 e. The molecule has 18 heavy (non-hydrogen) atoms. The Balaban J connectivity index is 2.57. The lowest BCUT2D eigenvalue weighted by Crippen LogP contribution is -2.40. The summed E-state index contributed by atoms with van der Waals surface area (Å²) in [5, 5.41) is 17.9. The van der Waals surface area contributed by atoms with Crippen molar-refractivity contribution in [2.24, 2.45) is 5.92 Å². The summed E-state index contributed by atoms with van der Waals surface area (Å²) in [5.74, 6) is -1.17. The van der Waals surface area contributed by atoms with Crippen LogP contribution in [0.5, 0.6) is 0 Å². The lowest BCUT2D eigenvalue weighted by atomic mass is 9.95. The van der Waals surface area contributed by atoms with Gasteiger partial charge in [0, 0.05) is 12.6 Å². The molecule has 0 aromatic carbocycles. The molecule has 1 atom stereocenters. The molecule has 1 unspecified atom stereocenters. The van der Waals surface area contributed by atoms with E-state index in [-0.39, 0.29) is 0 Å². The van der Waals surface area contributed by atoms with Crippen LogP contribution in [0.2, 0.25) is 0 Å². The maximum absolute atomic E-state index is 10.9. The van der Waals surface area contributed by atoms with E-state index < -0.39 is 11.9 Å². The molecule has 0 radical (unpaired) electrons. The average molecular weight is 252 g/mol. The number of carboxylic acids is 1. The zero-order valence-corrected chi connectivity index (χ0v) is 11.3. The summed E-state index contributed by atoms with van der Waals surface area (Å²) in [6.07, 6.45) is 8.47. The molecule has 0 aliphatic heterocycles. The first kappa shape index (κ1) is 15.0. The Bertz CT molecular complexity index is 291. The summed E-state index contributed by atoms with van der Waals surface area (Å²) in [6.45, 7) is 2.56. The molecule has 0 bridgehead atoms. The summed E-state index contributed by atoms with van der Waals surface area (Å²) in [6, 6.07) is 2.57. The van der Waals surface area contributed by atoms with Gasteiger partial charge in [0.1, 0.15) is 0 Å². The van der Waals surface area contributed by atoms with Crippen LogP contribution in [0.15, 0.2) is 0 Å². The van der Waals surface area contributed by atoms with Crippen molar-refractivity contribution >= 4 is 5.97 Å². The van der Waals surface area contributed by atoms with Crippen LogP contribution >= 0.6 is 0 Å². The molecule has 1 aliphatic rings. The highest BCUT2D eigenvalue weighted by atomic mass is 16.4. The van der Waals surface area contributed by atoms with E-state index >= 15 is 0 Å². The van der Waals surface area contributed by atoms with Crippen molar-refractivity contribution in [3.05, 3.63) is 0 Å². The van der Waals surface area contributed by atoms with Crippen molar-refractivity contribution in [3.8, 4) is 6.07 Å². The molecule has 1 rings (SSSR count). The number of nitrogens with zero attached hydrogens (tertiary/aromatic N) is 2. The monoisotopic (exact) mass is 252 g/mol. The van der Waals surface area contributed by atoms with Crippen LogP contribution in [0.25, 0.3) is 0 Å². The topological polar surface area (TPSA) is 64.3 Å². The molecule has 1 saturated carbocycles. The van der Waals surface area contributed by atoms with Crippen LogP contribution in [-0.2, 0) is 4.79 Å². The third-order valence-electron chi connectivity index (χ3n) is 3.79. The molecule has 102 valence electrons. The zero-order chi connectivity index (χ0) is 13.4. The Morgan fingerprint density at radius 3 is 2.39 bits per heavy atom. The van der Waals surface area contributed by atoms with Gasteiger partial charge in [-0.2, -0.15) is 5.26 Å². The molecule has 0 aromatic heterocycles. The molecule has 1 fully saturated rings. The quantitative estimate of drug-likeness (QED) is 0.764. The Labute approximate surface area is 110 Å². The van der Waals surface area contributed by atoms with Crippen LogP contribution in [0, 0.1) is 17.2 Å². The van der Waals surface area contributed by atoms with Gasteiger partial charge in [-0.15, -0.1) is 0 Å². The highest BCUT2D eigenvalue weighted by Crippen LogP contribution is 2.22. The van der Waals surface area contributed by atoms with Crippen LogP contribution < -0.4 is 0 Å². The predicted molar refractivity (Wildman–Crippen MR) is 70.1 cm³/mol. The molecular formula is C14H24N2O2. The fraction of sp³-hybridized carbons (Fsp3) is 0.857. The van der Waals surface area contributed by atoms with E-state index in [0.717, 1.165) is 12.8 Å². The molecule has 0 spiro atoms. The molecule has 0 aromatic rings. The molecule has 4 heteroatoms. The van der Waals surface area contributed by atoms with E-state index in [1.807, 2.05) is 0 Å². The van der Waals surface area contributed by atoms with E-state index in [4.69, 9.17) is 10.4 Å². The molecule has 0 saturated heterocycles. The fourth-order valence-electron chi connectivity index (χ4n) is 2.66. The van der Waals surface area contributed by atoms with Gasteiger partial charge in [-0.25, -0.2) is 0 Å². The van der Waals surface area contributed by atoms with Gasteiger partial charge >= 0.3 is 5.97 Å². The van der Waals surface area contributed by atoms with Gasteiger partial charge in [-0.3, -0.25) is 9.69 Å². The van der Waals surface area contributed by atoms with E-state index in [1.165, 1.54) is 32.1 Å². The second-order valence-electron chi connectivity index (χ2n) is 5.33. The summed E-state index contributed by atoms with van der Waals surface area (Å²) in [7, 11) is 0. The number of hydrogen-bond donors (Lipinski definition) is 1. The first-order valence-corrected chi connectivity index (χ1v) is 6.99. The van der Waals surface area contributed by atoms with Gasteiger partial charge in [0.25, 0.3) is 0 Å². The number of rotatable bonds is 5. The lowest BCUT2D eigenvalue weighted by Gasteiger charge is -2.32. The maximum Gasteiger partial charge on any atom is 0.307 e. The van der Waals surface area contributed by atoms with Crippen LogP contribution in [0.3, 0.4) is 0 Å². The largest absolute Gasteiger partial charge is 0.481 e. The SMILES string of the molecule is CC(CN(CC#N)C1CCCCCCC1)C(=O)O. The van der Waals surface area contributed by atoms with Crippen LogP contribution in [0.4, 0.5) is 0 Å². The Morgan fingerprint density at radius 1 is 1.33 bits per heavy atom.